The number of carbonyl (C=O) groups is 1. The van der Waals surface area contributed by atoms with Gasteiger partial charge in [0.1, 0.15) is 17.5 Å². The average Bonchev–Trinajstić information content (AvgIpc) is 3.51. The van der Waals surface area contributed by atoms with Crippen LogP contribution in [0, 0.1) is 18.6 Å². The third-order valence-corrected chi connectivity index (χ3v) is 7.10. The van der Waals surface area contributed by atoms with E-state index in [1.54, 1.807) is 4.90 Å². The fourth-order valence-corrected chi connectivity index (χ4v) is 5.32. The molecule has 1 unspecified atom stereocenters. The molecule has 3 heterocycles. The number of aromatic nitrogens is 3. The van der Waals surface area contributed by atoms with Crippen LogP contribution in [-0.2, 0) is 13.0 Å². The van der Waals surface area contributed by atoms with E-state index in [1.165, 1.54) is 6.07 Å². The number of benzene rings is 3. The molecule has 1 N–H and O–H groups in total. The van der Waals surface area contributed by atoms with Crippen LogP contribution >= 0.6 is 0 Å². The minimum Gasteiger partial charge on any atom is -0.307 e. The lowest BCUT2D eigenvalue weighted by Gasteiger charge is -2.31. The predicted molar refractivity (Wildman–Crippen MR) is 146 cm³/mol. The van der Waals surface area contributed by atoms with Crippen LogP contribution in [0.5, 0.6) is 0 Å². The largest absolute Gasteiger partial charge is 0.323 e. The molecule has 0 spiro atoms. The number of urea groups is 1. The highest BCUT2D eigenvalue weighted by molar-refractivity contribution is 5.90. The number of amides is 2. The smallest absolute Gasteiger partial charge is 0.307 e. The number of halogens is 2. The molecule has 3 aromatic carbocycles. The van der Waals surface area contributed by atoms with Crippen molar-refractivity contribution in [2.24, 2.45) is 0 Å². The van der Waals surface area contributed by atoms with Gasteiger partial charge in [-0.2, -0.15) is 5.10 Å². The van der Waals surface area contributed by atoms with Crippen LogP contribution < -0.4 is 5.32 Å². The molecule has 1 aliphatic heterocycles. The topological polar surface area (TPSA) is 55.1 Å². The Labute approximate surface area is 225 Å². The number of rotatable bonds is 4. The molecule has 0 radical (unpaired) electrons. The van der Waals surface area contributed by atoms with Crippen molar-refractivity contribution in [3.05, 3.63) is 131 Å². The lowest BCUT2D eigenvalue weighted by atomic mass is 10.00. The van der Waals surface area contributed by atoms with E-state index < -0.39 is 23.7 Å². The molecule has 0 bridgehead atoms. The van der Waals surface area contributed by atoms with Crippen LogP contribution in [0.4, 0.5) is 19.3 Å². The van der Waals surface area contributed by atoms with Gasteiger partial charge >= 0.3 is 6.03 Å². The summed E-state index contributed by atoms with van der Waals surface area (Å²) in [6, 6.07) is 24.0. The third kappa shape index (κ3) is 4.37. The number of para-hydroxylation sites is 1. The Hall–Kier alpha value is -4.72. The molecule has 2 aromatic heterocycles. The molecule has 0 saturated heterocycles. The van der Waals surface area contributed by atoms with E-state index in [4.69, 9.17) is 5.10 Å². The molecule has 39 heavy (non-hydrogen) atoms. The molecule has 5 aromatic rings. The SMILES string of the molecule is CCc1nn(-c2ccccc2)c2c1CN(C(=O)Nc1ccc(F)cc1F)C(c1cccc(C)c1)c1cccn1-2. The monoisotopic (exact) mass is 523 g/mol. The summed E-state index contributed by atoms with van der Waals surface area (Å²) in [4.78, 5) is 15.7. The van der Waals surface area contributed by atoms with E-state index in [0.717, 1.165) is 51.7 Å². The van der Waals surface area contributed by atoms with E-state index >= 15 is 0 Å². The van der Waals surface area contributed by atoms with Crippen molar-refractivity contribution in [2.45, 2.75) is 32.9 Å². The summed E-state index contributed by atoms with van der Waals surface area (Å²) in [5.74, 6) is -0.680. The van der Waals surface area contributed by atoms with Gasteiger partial charge in [0.2, 0.25) is 0 Å². The van der Waals surface area contributed by atoms with Gasteiger partial charge in [0.25, 0.3) is 0 Å². The lowest BCUT2D eigenvalue weighted by molar-refractivity contribution is 0.194. The van der Waals surface area contributed by atoms with Crippen molar-refractivity contribution >= 4 is 11.7 Å². The first-order valence-corrected chi connectivity index (χ1v) is 12.9. The first-order valence-electron chi connectivity index (χ1n) is 12.9. The van der Waals surface area contributed by atoms with Crippen molar-refractivity contribution in [1.82, 2.24) is 19.2 Å². The highest BCUT2D eigenvalue weighted by Crippen LogP contribution is 2.39. The quantitative estimate of drug-likeness (QED) is 0.277. The Morgan fingerprint density at radius 3 is 2.56 bits per heavy atom. The maximum atomic E-state index is 14.6. The number of aryl methyl sites for hydroxylation is 2. The normalized spacial score (nSPS) is 14.5. The Bertz CT molecular complexity index is 1670. The van der Waals surface area contributed by atoms with Gasteiger partial charge < -0.3 is 14.8 Å². The number of fused-ring (bicyclic) bond motifs is 3. The summed E-state index contributed by atoms with van der Waals surface area (Å²) in [7, 11) is 0. The van der Waals surface area contributed by atoms with Crippen molar-refractivity contribution < 1.29 is 13.6 Å². The van der Waals surface area contributed by atoms with Crippen molar-refractivity contribution in [2.75, 3.05) is 5.32 Å². The van der Waals surface area contributed by atoms with Crippen LogP contribution in [0.25, 0.3) is 11.5 Å². The van der Waals surface area contributed by atoms with Crippen LogP contribution in [0.3, 0.4) is 0 Å². The van der Waals surface area contributed by atoms with E-state index in [-0.39, 0.29) is 12.2 Å². The van der Waals surface area contributed by atoms with Gasteiger partial charge in [-0.25, -0.2) is 18.3 Å². The van der Waals surface area contributed by atoms with Gasteiger partial charge in [0.05, 0.1) is 35.3 Å². The number of hydrogen-bond donors (Lipinski definition) is 1. The molecule has 1 aliphatic rings. The van der Waals surface area contributed by atoms with Gasteiger partial charge in [-0.3, -0.25) is 0 Å². The molecular weight excluding hydrogens is 496 g/mol. The Morgan fingerprint density at radius 2 is 1.82 bits per heavy atom. The highest BCUT2D eigenvalue weighted by Gasteiger charge is 2.36. The molecule has 2 amide bonds. The molecular formula is C31H27F2N5O. The molecule has 6 rings (SSSR count). The zero-order valence-corrected chi connectivity index (χ0v) is 21.6. The predicted octanol–water partition coefficient (Wildman–Crippen LogP) is 6.95. The van der Waals surface area contributed by atoms with Gasteiger partial charge in [-0.15, -0.1) is 0 Å². The first-order chi connectivity index (χ1) is 18.9. The van der Waals surface area contributed by atoms with Crippen LogP contribution in [0.15, 0.2) is 91.1 Å². The molecule has 0 aliphatic carbocycles. The van der Waals surface area contributed by atoms with E-state index in [1.807, 2.05) is 85.4 Å². The van der Waals surface area contributed by atoms with Crippen LogP contribution in [0.1, 0.15) is 41.0 Å². The van der Waals surface area contributed by atoms with Gasteiger partial charge in [0, 0.05) is 17.8 Å². The summed E-state index contributed by atoms with van der Waals surface area (Å²) in [6.07, 6.45) is 2.65. The van der Waals surface area contributed by atoms with Gasteiger partial charge in [-0.05, 0) is 55.3 Å². The van der Waals surface area contributed by atoms with Crippen LogP contribution in [-0.4, -0.2) is 25.3 Å². The number of carbonyl (C=O) groups excluding carboxylic acids is 1. The third-order valence-electron chi connectivity index (χ3n) is 7.10. The maximum absolute atomic E-state index is 14.6. The first kappa shape index (κ1) is 24.6. The van der Waals surface area contributed by atoms with E-state index in [0.29, 0.717) is 6.42 Å². The number of anilines is 1. The summed E-state index contributed by atoms with van der Waals surface area (Å²) in [5.41, 5.74) is 5.45. The van der Waals surface area contributed by atoms with Crippen LogP contribution in [0.2, 0.25) is 0 Å². The summed E-state index contributed by atoms with van der Waals surface area (Å²) >= 11 is 0. The zero-order chi connectivity index (χ0) is 27.1. The summed E-state index contributed by atoms with van der Waals surface area (Å²) in [5, 5.41) is 7.64. The number of nitrogens with zero attached hydrogens (tertiary/aromatic N) is 4. The average molecular weight is 524 g/mol. The summed E-state index contributed by atoms with van der Waals surface area (Å²) < 4.78 is 32.2. The van der Waals surface area contributed by atoms with Gasteiger partial charge in [0.15, 0.2) is 0 Å². The molecule has 8 heteroatoms. The lowest BCUT2D eigenvalue weighted by Crippen LogP contribution is -2.38. The maximum Gasteiger partial charge on any atom is 0.323 e. The highest BCUT2D eigenvalue weighted by atomic mass is 19.1. The van der Waals surface area contributed by atoms with Crippen molar-refractivity contribution in [1.29, 1.82) is 0 Å². The minimum absolute atomic E-state index is 0.0834. The Morgan fingerprint density at radius 1 is 1.00 bits per heavy atom. The standard InChI is InChI=1S/C31H27F2N5O/c1-3-26-24-19-37(31(39)34-27-15-14-22(32)18-25(27)33)29(21-10-7-9-20(2)17-21)28-13-8-16-36(28)30(24)38(35-26)23-11-5-4-6-12-23/h4-18,29H,3,19H2,1-2H3,(H,34,39). The second kappa shape index (κ2) is 9.87. The summed E-state index contributed by atoms with van der Waals surface area (Å²) in [6.45, 7) is 4.28. The van der Waals surface area contributed by atoms with Crippen molar-refractivity contribution in [3.8, 4) is 11.5 Å². The molecule has 1 atom stereocenters. The van der Waals surface area contributed by atoms with E-state index in [9.17, 15) is 13.6 Å². The number of nitrogens with one attached hydrogen (secondary N) is 1. The zero-order valence-electron chi connectivity index (χ0n) is 21.6. The fraction of sp³-hybridized carbons (Fsp3) is 0.161. The van der Waals surface area contributed by atoms with Crippen molar-refractivity contribution in [3.63, 3.8) is 0 Å². The minimum atomic E-state index is -0.833. The molecule has 196 valence electrons. The second-order valence-corrected chi connectivity index (χ2v) is 9.65. The molecule has 0 saturated carbocycles. The Kier molecular flexibility index (Phi) is 6.23. The van der Waals surface area contributed by atoms with E-state index in [2.05, 4.69) is 16.0 Å². The van der Waals surface area contributed by atoms with Gasteiger partial charge in [-0.1, -0.05) is 55.0 Å². The number of hydrogen-bond acceptors (Lipinski definition) is 2. The fourth-order valence-electron chi connectivity index (χ4n) is 5.32. The second-order valence-electron chi connectivity index (χ2n) is 9.65. The molecule has 6 nitrogen and oxygen atoms in total. The Balaban J connectivity index is 1.55. The molecule has 0 fully saturated rings.